The first-order valence-electron chi connectivity index (χ1n) is 25.0. The number of nitrogens with zero attached hydrogens (tertiary/aromatic N) is 6. The number of ether oxygens (including phenoxy) is 2. The maximum atomic E-state index is 14.2. The number of likely N-dealkylation sites (tertiary alicyclic amines) is 1. The highest BCUT2D eigenvalue weighted by molar-refractivity contribution is 7.13. The van der Waals surface area contributed by atoms with Crippen LogP contribution in [-0.2, 0) is 43.5 Å². The fraction of sp³-hybridized carbons (Fsp3) is 0.339. The number of aromatic nitrogens is 5. The Labute approximate surface area is 442 Å². The van der Waals surface area contributed by atoms with Crippen molar-refractivity contribution in [3.8, 4) is 27.7 Å². The van der Waals surface area contributed by atoms with Crippen molar-refractivity contribution in [2.75, 3.05) is 24.3 Å². The molecule has 1 saturated heterocycles. The summed E-state index contributed by atoms with van der Waals surface area (Å²) in [6.45, 7) is 8.04. The first-order chi connectivity index (χ1) is 36.5. The van der Waals surface area contributed by atoms with E-state index in [4.69, 9.17) is 9.47 Å². The molecule has 394 valence electrons. The number of benzene rings is 4. The molecule has 1 aliphatic heterocycles. The number of carbonyl (C=O) groups excluding carboxylic acids is 5. The van der Waals surface area contributed by atoms with Crippen molar-refractivity contribution in [3.05, 3.63) is 137 Å². The molecule has 2 fully saturated rings. The first-order valence-corrected chi connectivity index (χ1v) is 25.9. The van der Waals surface area contributed by atoms with Gasteiger partial charge in [0, 0.05) is 60.6 Å². The monoisotopic (exact) mass is 1050 g/mol. The quantitative estimate of drug-likeness (QED) is 0.0490. The van der Waals surface area contributed by atoms with Crippen LogP contribution in [0.2, 0.25) is 0 Å². The third-order valence-electron chi connectivity index (χ3n) is 13.6. The summed E-state index contributed by atoms with van der Waals surface area (Å²) in [5.74, 6) is -0.848. The zero-order valence-corrected chi connectivity index (χ0v) is 43.6. The number of aliphatic hydroxyl groups is 1. The van der Waals surface area contributed by atoms with Gasteiger partial charge in [0.05, 0.1) is 47.1 Å². The van der Waals surface area contributed by atoms with Gasteiger partial charge in [0.15, 0.2) is 0 Å². The number of rotatable bonds is 19. The van der Waals surface area contributed by atoms with E-state index in [2.05, 4.69) is 41.5 Å². The Morgan fingerprint density at radius 1 is 0.908 bits per heavy atom. The molecule has 18 nitrogen and oxygen atoms in total. The molecule has 4 aromatic carbocycles. The lowest BCUT2D eigenvalue weighted by molar-refractivity contribution is -0.144. The average Bonchev–Trinajstić information content (AvgIpc) is 3.73. The SMILES string of the molecule is COc1cc2c(Oc3ccc(NC(=O)C4(C(=O)Nc5ccc(F)cc5)CC4)cc3)ccnc2cc1Cn1cc(CCCC(=O)N[C@H](C(=O)N2C[C@H](O)C[C@H]2C(=O)NCc2ccc(-c3scnc3C)cc2)C(C)(C)C)nn1. The van der Waals surface area contributed by atoms with Crippen molar-refractivity contribution in [1.82, 2.24) is 40.5 Å². The van der Waals surface area contributed by atoms with Crippen LogP contribution in [0.4, 0.5) is 15.8 Å². The van der Waals surface area contributed by atoms with Crippen molar-refractivity contribution < 1.29 is 42.9 Å². The molecule has 4 heterocycles. The number of anilines is 2. The molecule has 0 bridgehead atoms. The average molecular weight is 1050 g/mol. The van der Waals surface area contributed by atoms with Crippen LogP contribution in [0.1, 0.15) is 75.4 Å². The highest BCUT2D eigenvalue weighted by atomic mass is 32.1. The maximum Gasteiger partial charge on any atom is 0.246 e. The zero-order valence-electron chi connectivity index (χ0n) is 42.8. The molecule has 3 atom stereocenters. The van der Waals surface area contributed by atoms with E-state index in [1.165, 1.54) is 29.2 Å². The van der Waals surface area contributed by atoms with Gasteiger partial charge in [-0.1, -0.05) is 50.3 Å². The molecular weight excluding hydrogens is 992 g/mol. The number of thiazole rings is 1. The van der Waals surface area contributed by atoms with Gasteiger partial charge in [-0.3, -0.25) is 29.0 Å². The van der Waals surface area contributed by atoms with Gasteiger partial charge in [-0.25, -0.2) is 14.1 Å². The number of halogens is 1. The number of hydrogen-bond acceptors (Lipinski definition) is 13. The minimum absolute atomic E-state index is 0.0229. The van der Waals surface area contributed by atoms with E-state index in [1.54, 1.807) is 65.9 Å². The summed E-state index contributed by atoms with van der Waals surface area (Å²) in [4.78, 5) is 78.8. The van der Waals surface area contributed by atoms with Gasteiger partial charge >= 0.3 is 0 Å². The Morgan fingerprint density at radius 2 is 1.61 bits per heavy atom. The number of nitrogens with one attached hydrogen (secondary N) is 4. The molecule has 0 spiro atoms. The number of methoxy groups -OCH3 is 1. The van der Waals surface area contributed by atoms with Gasteiger partial charge in [-0.05, 0) is 116 Å². The van der Waals surface area contributed by atoms with Gasteiger partial charge in [0.1, 0.15) is 40.6 Å². The number of carbonyl (C=O) groups is 5. The van der Waals surface area contributed by atoms with E-state index < -0.39 is 52.6 Å². The maximum absolute atomic E-state index is 14.2. The fourth-order valence-corrected chi connectivity index (χ4v) is 10.0. The van der Waals surface area contributed by atoms with Crippen LogP contribution in [0.25, 0.3) is 21.3 Å². The lowest BCUT2D eigenvalue weighted by Gasteiger charge is -2.35. The number of pyridine rings is 1. The van der Waals surface area contributed by atoms with Crippen molar-refractivity contribution in [3.63, 3.8) is 0 Å². The molecule has 5 N–H and O–H groups in total. The lowest BCUT2D eigenvalue weighted by atomic mass is 9.85. The summed E-state index contributed by atoms with van der Waals surface area (Å²) in [5, 5.41) is 31.4. The molecule has 2 aliphatic rings. The highest BCUT2D eigenvalue weighted by Gasteiger charge is 2.56. The number of aryl methyl sites for hydroxylation is 2. The van der Waals surface area contributed by atoms with Gasteiger partial charge in [0.2, 0.25) is 29.5 Å². The molecule has 7 aromatic rings. The Hall–Kier alpha value is -8.10. The van der Waals surface area contributed by atoms with E-state index in [0.717, 1.165) is 27.3 Å². The second-order valence-electron chi connectivity index (χ2n) is 20.3. The Kier molecular flexibility index (Phi) is 15.5. The highest BCUT2D eigenvalue weighted by Crippen LogP contribution is 2.48. The first kappa shape index (κ1) is 52.8. The van der Waals surface area contributed by atoms with E-state index >= 15 is 0 Å². The molecule has 1 saturated carbocycles. The van der Waals surface area contributed by atoms with E-state index in [9.17, 15) is 33.5 Å². The summed E-state index contributed by atoms with van der Waals surface area (Å²) >= 11 is 1.57. The largest absolute Gasteiger partial charge is 0.496 e. The normalized spacial score (nSPS) is 16.2. The molecular formula is C56H59FN10O8S. The molecule has 3 aromatic heterocycles. The summed E-state index contributed by atoms with van der Waals surface area (Å²) in [6, 6.07) is 23.6. The van der Waals surface area contributed by atoms with Crippen LogP contribution < -0.4 is 30.7 Å². The van der Waals surface area contributed by atoms with Crippen molar-refractivity contribution >= 4 is 63.2 Å². The van der Waals surface area contributed by atoms with Gasteiger partial charge < -0.3 is 40.7 Å². The Morgan fingerprint density at radius 3 is 2.25 bits per heavy atom. The second-order valence-corrected chi connectivity index (χ2v) is 21.2. The van der Waals surface area contributed by atoms with Gasteiger partial charge in [-0.2, -0.15) is 0 Å². The summed E-state index contributed by atoms with van der Waals surface area (Å²) < 4.78 is 27.1. The minimum Gasteiger partial charge on any atom is -0.496 e. The standard InChI is InChI=1S/C56H59FN10O8S/c1-33-49(76-32-60-33)35-11-9-34(10-12-35)28-59-51(70)45-26-41(68)31-67(45)52(71)50(55(2,3)4)63-48(69)8-6-7-40-30-66(65-64-40)29-36-25-44-43(27-47(36)74-5)46(21-24-58-44)75-42-19-17-39(18-20-42)62-54(73)56(22-23-56)53(72)61-38-15-13-37(57)14-16-38/h9-21,24-25,27,30,32,41,45,50,68H,6-8,22-23,26,28-29,31H2,1-5H3,(H,59,70)(H,61,72)(H,62,73)(H,63,69)/t41-,45+,50-/m1/s1. The Bertz CT molecular complexity index is 3260. The summed E-state index contributed by atoms with van der Waals surface area (Å²) in [5.41, 5.74) is 5.77. The minimum atomic E-state index is -1.20. The predicted octanol–water partition coefficient (Wildman–Crippen LogP) is 7.74. The third kappa shape index (κ3) is 12.2. The molecule has 76 heavy (non-hydrogen) atoms. The van der Waals surface area contributed by atoms with Crippen LogP contribution >= 0.6 is 11.3 Å². The van der Waals surface area contributed by atoms with Gasteiger partial charge in [-0.15, -0.1) is 16.4 Å². The van der Waals surface area contributed by atoms with Crippen molar-refractivity contribution in [2.45, 2.75) is 97.5 Å². The molecule has 1 aliphatic carbocycles. The second kappa shape index (κ2) is 22.4. The van der Waals surface area contributed by atoms with Crippen molar-refractivity contribution in [2.24, 2.45) is 10.8 Å². The summed E-state index contributed by atoms with van der Waals surface area (Å²) in [6.07, 6.45) is 4.41. The van der Waals surface area contributed by atoms with Crippen LogP contribution in [0.3, 0.4) is 0 Å². The molecule has 0 unspecified atom stereocenters. The predicted molar refractivity (Wildman–Crippen MR) is 284 cm³/mol. The molecule has 9 rings (SSSR count). The van der Waals surface area contributed by atoms with Crippen molar-refractivity contribution in [1.29, 1.82) is 0 Å². The van der Waals surface area contributed by atoms with Crippen LogP contribution in [0.15, 0.2) is 109 Å². The third-order valence-corrected chi connectivity index (χ3v) is 14.6. The topological polar surface area (TPSA) is 232 Å². The van der Waals surface area contributed by atoms with Crippen LogP contribution in [-0.4, -0.2) is 96.3 Å². The molecule has 0 radical (unpaired) electrons. The number of amides is 5. The van der Waals surface area contributed by atoms with Gasteiger partial charge in [0.25, 0.3) is 0 Å². The van der Waals surface area contributed by atoms with E-state index in [0.29, 0.717) is 77.4 Å². The van der Waals surface area contributed by atoms with E-state index in [-0.39, 0.29) is 37.7 Å². The number of fused-ring (bicyclic) bond motifs is 1. The lowest BCUT2D eigenvalue weighted by Crippen LogP contribution is -2.57. The number of hydrogen-bond donors (Lipinski definition) is 5. The Balaban J connectivity index is 0.760. The molecule has 5 amide bonds. The van der Waals surface area contributed by atoms with E-state index in [1.807, 2.05) is 69.6 Å². The smallest absolute Gasteiger partial charge is 0.246 e. The van der Waals surface area contributed by atoms with Crippen LogP contribution in [0, 0.1) is 23.6 Å². The number of β-amino-alcohol motifs (C(OH)–C–C–N with tert-alkyl or cyclic N) is 1. The van der Waals surface area contributed by atoms with Crippen LogP contribution in [0.5, 0.6) is 17.2 Å². The summed E-state index contributed by atoms with van der Waals surface area (Å²) in [7, 11) is 1.57. The zero-order chi connectivity index (χ0) is 53.7. The number of aliphatic hydroxyl groups excluding tert-OH is 1. The molecule has 20 heteroatoms. The fourth-order valence-electron chi connectivity index (χ4n) is 9.19.